The van der Waals surface area contributed by atoms with Gasteiger partial charge in [-0.2, -0.15) is 0 Å². The van der Waals surface area contributed by atoms with Crippen LogP contribution in [0.2, 0.25) is 0 Å². The van der Waals surface area contributed by atoms with Crippen LogP contribution in [0.25, 0.3) is 0 Å². The molecule has 0 bridgehead atoms. The van der Waals surface area contributed by atoms with Crippen molar-refractivity contribution < 1.29 is 9.53 Å². The quantitative estimate of drug-likeness (QED) is 0.726. The molecule has 0 heterocycles. The minimum atomic E-state index is -0.0801. The second-order valence-electron chi connectivity index (χ2n) is 5.00. The summed E-state index contributed by atoms with van der Waals surface area (Å²) in [6.07, 6.45) is 2.15. The maximum atomic E-state index is 11.9. The van der Waals surface area contributed by atoms with Crippen LogP contribution in [0.15, 0.2) is 54.6 Å². The van der Waals surface area contributed by atoms with Crippen LogP contribution < -0.4 is 15.4 Å². The predicted molar refractivity (Wildman–Crippen MR) is 90.4 cm³/mol. The minimum Gasteiger partial charge on any atom is -0.494 e. The summed E-state index contributed by atoms with van der Waals surface area (Å²) >= 11 is 0. The number of carbonyl (C=O) groups excluding carboxylic acids is 1. The lowest BCUT2D eigenvalue weighted by atomic mass is 10.3. The first-order valence-electron chi connectivity index (χ1n) is 7.59. The van der Waals surface area contributed by atoms with E-state index in [0.717, 1.165) is 30.0 Å². The van der Waals surface area contributed by atoms with Gasteiger partial charge in [0.05, 0.1) is 13.2 Å². The van der Waals surface area contributed by atoms with Gasteiger partial charge in [-0.1, -0.05) is 37.6 Å². The molecule has 0 aromatic heterocycles. The average molecular weight is 298 g/mol. The normalized spacial score (nSPS) is 10.0. The molecule has 2 rings (SSSR count). The van der Waals surface area contributed by atoms with Crippen molar-refractivity contribution >= 4 is 17.3 Å². The van der Waals surface area contributed by atoms with Crippen molar-refractivity contribution in [3.05, 3.63) is 54.6 Å². The van der Waals surface area contributed by atoms with Crippen LogP contribution in [0.3, 0.4) is 0 Å². The van der Waals surface area contributed by atoms with Gasteiger partial charge in [0.1, 0.15) is 5.75 Å². The Morgan fingerprint density at radius 2 is 1.82 bits per heavy atom. The van der Waals surface area contributed by atoms with Crippen molar-refractivity contribution in [2.24, 2.45) is 0 Å². The van der Waals surface area contributed by atoms with E-state index in [1.165, 1.54) is 0 Å². The summed E-state index contributed by atoms with van der Waals surface area (Å²) in [5.74, 6) is 0.741. The number of benzene rings is 2. The molecule has 22 heavy (non-hydrogen) atoms. The molecule has 0 aliphatic carbocycles. The molecule has 0 atom stereocenters. The number of rotatable bonds is 8. The predicted octanol–water partition coefficient (Wildman–Crippen LogP) is 3.92. The summed E-state index contributed by atoms with van der Waals surface area (Å²) in [6, 6.07) is 17.1. The van der Waals surface area contributed by atoms with Gasteiger partial charge in [0, 0.05) is 17.4 Å². The van der Waals surface area contributed by atoms with Crippen LogP contribution in [0.1, 0.15) is 19.8 Å². The van der Waals surface area contributed by atoms with E-state index in [4.69, 9.17) is 4.74 Å². The van der Waals surface area contributed by atoms with Gasteiger partial charge in [0.15, 0.2) is 0 Å². The molecule has 2 aromatic rings. The molecular formula is C18H22N2O2. The van der Waals surface area contributed by atoms with Crippen molar-refractivity contribution in [3.8, 4) is 5.75 Å². The standard InChI is InChI=1S/C18H22N2O2/c1-2-3-12-22-17-11-7-10-16(13-17)19-14-18(21)20-15-8-5-4-6-9-15/h4-11,13,19H,2-3,12,14H2,1H3,(H,20,21). The summed E-state index contributed by atoms with van der Waals surface area (Å²) in [7, 11) is 0. The summed E-state index contributed by atoms with van der Waals surface area (Å²) in [4.78, 5) is 11.9. The Balaban J connectivity index is 1.80. The van der Waals surface area contributed by atoms with E-state index in [1.54, 1.807) is 0 Å². The number of anilines is 2. The molecule has 0 saturated heterocycles. The van der Waals surface area contributed by atoms with Gasteiger partial charge in [0.25, 0.3) is 0 Å². The highest BCUT2D eigenvalue weighted by atomic mass is 16.5. The molecule has 4 nitrogen and oxygen atoms in total. The third-order valence-corrected chi connectivity index (χ3v) is 3.11. The number of nitrogens with one attached hydrogen (secondary N) is 2. The van der Waals surface area contributed by atoms with Gasteiger partial charge in [0.2, 0.25) is 5.91 Å². The molecule has 2 N–H and O–H groups in total. The zero-order valence-electron chi connectivity index (χ0n) is 12.8. The Kier molecular flexibility index (Phi) is 6.30. The van der Waals surface area contributed by atoms with E-state index in [-0.39, 0.29) is 12.5 Å². The molecule has 0 spiro atoms. The number of hydrogen-bond donors (Lipinski definition) is 2. The number of amides is 1. The SMILES string of the molecule is CCCCOc1cccc(NCC(=O)Nc2ccccc2)c1. The Morgan fingerprint density at radius 3 is 2.59 bits per heavy atom. The van der Waals surface area contributed by atoms with Gasteiger partial charge >= 0.3 is 0 Å². The third kappa shape index (κ3) is 5.48. The summed E-state index contributed by atoms with van der Waals surface area (Å²) in [5, 5.41) is 5.94. The van der Waals surface area contributed by atoms with Crippen molar-refractivity contribution in [1.29, 1.82) is 0 Å². The number of carbonyl (C=O) groups is 1. The lowest BCUT2D eigenvalue weighted by Gasteiger charge is -2.10. The number of unbranched alkanes of at least 4 members (excludes halogenated alkanes) is 1. The van der Waals surface area contributed by atoms with E-state index in [0.29, 0.717) is 6.61 Å². The van der Waals surface area contributed by atoms with E-state index < -0.39 is 0 Å². The van der Waals surface area contributed by atoms with Crippen LogP contribution in [0, 0.1) is 0 Å². The Morgan fingerprint density at radius 1 is 1.05 bits per heavy atom. The molecule has 4 heteroatoms. The van der Waals surface area contributed by atoms with Gasteiger partial charge in [-0.3, -0.25) is 4.79 Å². The smallest absolute Gasteiger partial charge is 0.243 e. The van der Waals surface area contributed by atoms with Crippen LogP contribution in [-0.2, 0) is 4.79 Å². The molecule has 2 aromatic carbocycles. The maximum absolute atomic E-state index is 11.9. The molecule has 0 radical (unpaired) electrons. The zero-order valence-corrected chi connectivity index (χ0v) is 12.8. The molecule has 0 aliphatic rings. The third-order valence-electron chi connectivity index (χ3n) is 3.11. The van der Waals surface area contributed by atoms with Gasteiger partial charge in [-0.05, 0) is 30.7 Å². The molecule has 1 amide bonds. The van der Waals surface area contributed by atoms with E-state index in [9.17, 15) is 4.79 Å². The highest BCUT2D eigenvalue weighted by molar-refractivity contribution is 5.93. The van der Waals surface area contributed by atoms with Crippen molar-refractivity contribution in [2.75, 3.05) is 23.8 Å². The van der Waals surface area contributed by atoms with Crippen molar-refractivity contribution in [3.63, 3.8) is 0 Å². The summed E-state index contributed by atoms with van der Waals surface area (Å²) in [6.45, 7) is 3.06. The molecule has 0 fully saturated rings. The van der Waals surface area contributed by atoms with Crippen molar-refractivity contribution in [2.45, 2.75) is 19.8 Å². The molecule has 0 aliphatic heterocycles. The molecule has 0 saturated carbocycles. The van der Waals surface area contributed by atoms with Crippen LogP contribution in [0.5, 0.6) is 5.75 Å². The Labute approximate surface area is 131 Å². The second-order valence-corrected chi connectivity index (χ2v) is 5.00. The highest BCUT2D eigenvalue weighted by Crippen LogP contribution is 2.17. The first-order valence-corrected chi connectivity index (χ1v) is 7.59. The first kappa shape index (κ1) is 15.9. The van der Waals surface area contributed by atoms with Crippen LogP contribution in [0.4, 0.5) is 11.4 Å². The molecular weight excluding hydrogens is 276 g/mol. The first-order chi connectivity index (χ1) is 10.8. The molecule has 116 valence electrons. The largest absolute Gasteiger partial charge is 0.494 e. The van der Waals surface area contributed by atoms with Crippen molar-refractivity contribution in [1.82, 2.24) is 0 Å². The fourth-order valence-corrected chi connectivity index (χ4v) is 1.94. The van der Waals surface area contributed by atoms with E-state index in [1.807, 2.05) is 54.6 Å². The zero-order chi connectivity index (χ0) is 15.6. The fraction of sp³-hybridized carbons (Fsp3) is 0.278. The van der Waals surface area contributed by atoms with Gasteiger partial charge in [-0.25, -0.2) is 0 Å². The highest BCUT2D eigenvalue weighted by Gasteiger charge is 2.02. The number of ether oxygens (including phenoxy) is 1. The minimum absolute atomic E-state index is 0.0801. The van der Waals surface area contributed by atoms with Crippen LogP contribution >= 0.6 is 0 Å². The topological polar surface area (TPSA) is 50.4 Å². The van der Waals surface area contributed by atoms with E-state index in [2.05, 4.69) is 17.6 Å². The summed E-state index contributed by atoms with van der Waals surface area (Å²) in [5.41, 5.74) is 1.67. The summed E-state index contributed by atoms with van der Waals surface area (Å²) < 4.78 is 5.65. The second kappa shape index (κ2) is 8.72. The Hall–Kier alpha value is -2.49. The monoisotopic (exact) mass is 298 g/mol. The lowest BCUT2D eigenvalue weighted by Crippen LogP contribution is -2.21. The van der Waals surface area contributed by atoms with E-state index >= 15 is 0 Å². The number of hydrogen-bond acceptors (Lipinski definition) is 3. The fourth-order valence-electron chi connectivity index (χ4n) is 1.94. The Bertz CT molecular complexity index is 585. The van der Waals surface area contributed by atoms with Gasteiger partial charge < -0.3 is 15.4 Å². The average Bonchev–Trinajstić information content (AvgIpc) is 2.55. The maximum Gasteiger partial charge on any atom is 0.243 e. The van der Waals surface area contributed by atoms with Gasteiger partial charge in [-0.15, -0.1) is 0 Å². The lowest BCUT2D eigenvalue weighted by molar-refractivity contribution is -0.114. The number of para-hydroxylation sites is 1. The molecule has 0 unspecified atom stereocenters. The van der Waals surface area contributed by atoms with Crippen LogP contribution in [-0.4, -0.2) is 19.1 Å².